The molecule has 0 unspecified atom stereocenters. The second-order valence-electron chi connectivity index (χ2n) is 6.64. The largest absolute Gasteiger partial charge is 0.342 e. The van der Waals surface area contributed by atoms with Gasteiger partial charge in [0.1, 0.15) is 4.90 Å². The van der Waals surface area contributed by atoms with Gasteiger partial charge in [-0.2, -0.15) is 4.31 Å². The van der Waals surface area contributed by atoms with Crippen molar-refractivity contribution in [2.45, 2.75) is 37.0 Å². The van der Waals surface area contributed by atoms with E-state index in [2.05, 4.69) is 0 Å². The third-order valence-electron chi connectivity index (χ3n) is 4.98. The van der Waals surface area contributed by atoms with E-state index in [9.17, 15) is 13.2 Å². The van der Waals surface area contributed by atoms with Gasteiger partial charge in [0.15, 0.2) is 0 Å². The summed E-state index contributed by atoms with van der Waals surface area (Å²) in [5.74, 6) is 0.0944. The van der Waals surface area contributed by atoms with E-state index >= 15 is 0 Å². The minimum atomic E-state index is -3.70. The minimum absolute atomic E-state index is 0.0301. The number of sulfonamides is 1. The zero-order valence-corrected chi connectivity index (χ0v) is 16.3. The molecule has 2 aliphatic heterocycles. The second kappa shape index (κ2) is 7.82. The second-order valence-corrected chi connectivity index (χ2v) is 9.39. The van der Waals surface area contributed by atoms with Gasteiger partial charge in [0.05, 0.1) is 5.02 Å². The first-order valence-electron chi connectivity index (χ1n) is 8.63. The molecule has 0 aliphatic carbocycles. The molecule has 2 aliphatic rings. The summed E-state index contributed by atoms with van der Waals surface area (Å²) in [5, 5.41) is 0.494. The van der Waals surface area contributed by atoms with Crippen molar-refractivity contribution >= 4 is 39.1 Å². The lowest BCUT2D eigenvalue weighted by atomic mass is 9.95. The molecular formula is C17H22Cl2N2O3S. The van der Waals surface area contributed by atoms with Crippen LogP contribution in [0.25, 0.3) is 0 Å². The summed E-state index contributed by atoms with van der Waals surface area (Å²) in [7, 11) is -3.70. The Morgan fingerprint density at radius 1 is 1.00 bits per heavy atom. The molecule has 8 heteroatoms. The van der Waals surface area contributed by atoms with Crippen LogP contribution in [0.1, 0.15) is 32.1 Å². The van der Waals surface area contributed by atoms with Crippen LogP contribution in [0.5, 0.6) is 0 Å². The maximum absolute atomic E-state index is 12.8. The molecule has 0 spiro atoms. The highest BCUT2D eigenvalue weighted by atomic mass is 35.5. The van der Waals surface area contributed by atoms with Crippen LogP contribution in [-0.2, 0) is 14.8 Å². The number of rotatable bonds is 3. The topological polar surface area (TPSA) is 57.7 Å². The third-order valence-corrected chi connectivity index (χ3v) is 7.60. The predicted octanol–water partition coefficient (Wildman–Crippen LogP) is 3.41. The van der Waals surface area contributed by atoms with Crippen molar-refractivity contribution in [2.75, 3.05) is 26.2 Å². The molecular weight excluding hydrogens is 383 g/mol. The highest BCUT2D eigenvalue weighted by molar-refractivity contribution is 7.89. The van der Waals surface area contributed by atoms with Crippen LogP contribution in [-0.4, -0.2) is 49.7 Å². The quantitative estimate of drug-likeness (QED) is 0.775. The Bertz CT molecular complexity index is 740. The molecule has 0 atom stereocenters. The van der Waals surface area contributed by atoms with E-state index in [0.29, 0.717) is 31.0 Å². The SMILES string of the molecule is O=C(C1CCN(S(=O)(=O)c2cc(Cl)ccc2Cl)CC1)N1CCCCC1. The Labute approximate surface area is 158 Å². The van der Waals surface area contributed by atoms with Crippen molar-refractivity contribution in [2.24, 2.45) is 5.92 Å². The standard InChI is InChI=1S/C17H22Cl2N2O3S/c18-14-4-5-15(19)16(12-14)25(23,24)21-10-6-13(7-11-21)17(22)20-8-2-1-3-9-20/h4-5,12-13H,1-3,6-11H2. The van der Waals surface area contributed by atoms with Gasteiger partial charge in [0, 0.05) is 37.1 Å². The van der Waals surface area contributed by atoms with Crippen LogP contribution >= 0.6 is 23.2 Å². The maximum Gasteiger partial charge on any atom is 0.244 e. The highest BCUT2D eigenvalue weighted by Gasteiger charge is 2.34. The summed E-state index contributed by atoms with van der Waals surface area (Å²) < 4.78 is 27.1. The van der Waals surface area contributed by atoms with Crippen LogP contribution in [0.2, 0.25) is 10.0 Å². The Morgan fingerprint density at radius 3 is 2.28 bits per heavy atom. The van der Waals surface area contributed by atoms with E-state index in [-0.39, 0.29) is 21.7 Å². The van der Waals surface area contributed by atoms with Gasteiger partial charge in [-0.1, -0.05) is 23.2 Å². The molecule has 138 valence electrons. The van der Waals surface area contributed by atoms with E-state index in [1.165, 1.54) is 22.9 Å². The number of likely N-dealkylation sites (tertiary alicyclic amines) is 1. The lowest BCUT2D eigenvalue weighted by molar-refractivity contribution is -0.137. The third kappa shape index (κ3) is 4.13. The molecule has 3 rings (SSSR count). The van der Waals surface area contributed by atoms with Gasteiger partial charge >= 0.3 is 0 Å². The monoisotopic (exact) mass is 404 g/mol. The molecule has 1 amide bonds. The number of amides is 1. The molecule has 0 N–H and O–H groups in total. The Hall–Kier alpha value is -0.820. The maximum atomic E-state index is 12.8. The summed E-state index contributed by atoms with van der Waals surface area (Å²) in [6.45, 7) is 2.32. The predicted molar refractivity (Wildman–Crippen MR) is 98.4 cm³/mol. The summed E-state index contributed by atoms with van der Waals surface area (Å²) in [4.78, 5) is 14.6. The van der Waals surface area contributed by atoms with Crippen LogP contribution in [0.4, 0.5) is 0 Å². The number of nitrogens with zero attached hydrogens (tertiary/aromatic N) is 2. The zero-order valence-electron chi connectivity index (χ0n) is 14.0. The van der Waals surface area contributed by atoms with E-state index in [0.717, 1.165) is 25.9 Å². The van der Waals surface area contributed by atoms with Gasteiger partial charge in [-0.15, -0.1) is 0 Å². The average molecular weight is 405 g/mol. The van der Waals surface area contributed by atoms with Crippen LogP contribution in [0.15, 0.2) is 23.1 Å². The first-order valence-corrected chi connectivity index (χ1v) is 10.8. The molecule has 25 heavy (non-hydrogen) atoms. The number of halogens is 2. The van der Waals surface area contributed by atoms with Crippen LogP contribution in [0, 0.1) is 5.92 Å². The summed E-state index contributed by atoms with van der Waals surface area (Å²) in [5.41, 5.74) is 0. The van der Waals surface area contributed by atoms with E-state index in [1.807, 2.05) is 4.90 Å². The normalized spacial score (nSPS) is 20.6. The zero-order chi connectivity index (χ0) is 18.0. The Kier molecular flexibility index (Phi) is 5.93. The molecule has 0 aromatic heterocycles. The summed E-state index contributed by atoms with van der Waals surface area (Å²) in [6.07, 6.45) is 4.40. The highest BCUT2D eigenvalue weighted by Crippen LogP contribution is 2.31. The molecule has 1 aromatic rings. The minimum Gasteiger partial charge on any atom is -0.342 e. The number of carbonyl (C=O) groups excluding carboxylic acids is 1. The molecule has 2 fully saturated rings. The fourth-order valence-corrected chi connectivity index (χ4v) is 5.74. The molecule has 1 aromatic carbocycles. The summed E-state index contributed by atoms with van der Waals surface area (Å²) >= 11 is 12.0. The number of piperidine rings is 2. The lowest BCUT2D eigenvalue weighted by Crippen LogP contribution is -2.45. The molecule has 0 radical (unpaired) electrons. The first-order chi connectivity index (χ1) is 11.9. The Morgan fingerprint density at radius 2 is 1.64 bits per heavy atom. The van der Waals surface area contributed by atoms with Gasteiger partial charge in [-0.25, -0.2) is 8.42 Å². The van der Waals surface area contributed by atoms with Crippen molar-refractivity contribution in [3.8, 4) is 0 Å². The van der Waals surface area contributed by atoms with E-state index < -0.39 is 10.0 Å². The smallest absolute Gasteiger partial charge is 0.244 e. The fourth-order valence-electron chi connectivity index (χ4n) is 3.53. The molecule has 5 nitrogen and oxygen atoms in total. The van der Waals surface area contributed by atoms with Crippen molar-refractivity contribution in [3.05, 3.63) is 28.2 Å². The lowest BCUT2D eigenvalue weighted by Gasteiger charge is -2.35. The van der Waals surface area contributed by atoms with Crippen molar-refractivity contribution in [1.82, 2.24) is 9.21 Å². The van der Waals surface area contributed by atoms with Gasteiger partial charge < -0.3 is 4.90 Å². The van der Waals surface area contributed by atoms with Crippen LogP contribution < -0.4 is 0 Å². The molecule has 0 saturated carbocycles. The molecule has 2 saturated heterocycles. The number of carbonyl (C=O) groups is 1. The van der Waals surface area contributed by atoms with Gasteiger partial charge in [0.2, 0.25) is 15.9 Å². The fraction of sp³-hybridized carbons (Fsp3) is 0.588. The van der Waals surface area contributed by atoms with Gasteiger partial charge in [-0.3, -0.25) is 4.79 Å². The number of hydrogen-bond donors (Lipinski definition) is 0. The van der Waals surface area contributed by atoms with Crippen molar-refractivity contribution in [3.63, 3.8) is 0 Å². The Balaban J connectivity index is 1.67. The van der Waals surface area contributed by atoms with Crippen molar-refractivity contribution < 1.29 is 13.2 Å². The van der Waals surface area contributed by atoms with E-state index in [4.69, 9.17) is 23.2 Å². The van der Waals surface area contributed by atoms with E-state index in [1.54, 1.807) is 6.07 Å². The molecule has 2 heterocycles. The number of hydrogen-bond acceptors (Lipinski definition) is 3. The van der Waals surface area contributed by atoms with Crippen LogP contribution in [0.3, 0.4) is 0 Å². The number of benzene rings is 1. The van der Waals surface area contributed by atoms with Crippen molar-refractivity contribution in [1.29, 1.82) is 0 Å². The summed E-state index contributed by atoms with van der Waals surface area (Å²) in [6, 6.07) is 4.43. The average Bonchev–Trinajstić information content (AvgIpc) is 2.64. The van der Waals surface area contributed by atoms with Gasteiger partial charge in [-0.05, 0) is 50.3 Å². The van der Waals surface area contributed by atoms with Gasteiger partial charge in [0.25, 0.3) is 0 Å². The molecule has 0 bridgehead atoms. The first kappa shape index (κ1) is 19.0.